The first-order valence-corrected chi connectivity index (χ1v) is 8.34. The third-order valence-electron chi connectivity index (χ3n) is 4.91. The van der Waals surface area contributed by atoms with Gasteiger partial charge in [-0.1, -0.05) is 6.92 Å². The molecule has 4 nitrogen and oxygen atoms in total. The van der Waals surface area contributed by atoms with Crippen molar-refractivity contribution in [3.63, 3.8) is 0 Å². The van der Waals surface area contributed by atoms with Crippen molar-refractivity contribution in [2.24, 2.45) is 5.92 Å². The van der Waals surface area contributed by atoms with Gasteiger partial charge in [0.25, 0.3) is 0 Å². The molecule has 4 heteroatoms. The summed E-state index contributed by atoms with van der Waals surface area (Å²) in [4.78, 5) is 4.95. The number of furan rings is 1. The molecule has 1 saturated carbocycles. The van der Waals surface area contributed by atoms with Gasteiger partial charge in [-0.3, -0.25) is 4.90 Å². The van der Waals surface area contributed by atoms with E-state index >= 15 is 0 Å². The van der Waals surface area contributed by atoms with E-state index in [1.165, 1.54) is 38.4 Å². The minimum Gasteiger partial charge on any atom is -0.464 e. The fourth-order valence-electron chi connectivity index (χ4n) is 3.16. The van der Waals surface area contributed by atoms with Crippen molar-refractivity contribution in [2.75, 3.05) is 39.8 Å². The number of rotatable bonds is 6. The summed E-state index contributed by atoms with van der Waals surface area (Å²) in [6, 6.07) is 4.80. The van der Waals surface area contributed by atoms with Crippen LogP contribution in [0.5, 0.6) is 0 Å². The number of nitrogens with zero attached hydrogens (tertiary/aromatic N) is 2. The van der Waals surface area contributed by atoms with Crippen LogP contribution in [0.2, 0.25) is 0 Å². The van der Waals surface area contributed by atoms with E-state index in [4.69, 9.17) is 4.42 Å². The van der Waals surface area contributed by atoms with E-state index in [2.05, 4.69) is 48.1 Å². The molecule has 2 heterocycles. The topological polar surface area (TPSA) is 31.6 Å². The fourth-order valence-corrected chi connectivity index (χ4v) is 3.16. The molecule has 0 spiro atoms. The first-order valence-electron chi connectivity index (χ1n) is 8.34. The monoisotopic (exact) mass is 291 g/mol. The second-order valence-electron chi connectivity index (χ2n) is 7.01. The lowest BCUT2D eigenvalue weighted by Crippen LogP contribution is -2.48. The summed E-state index contributed by atoms with van der Waals surface area (Å²) < 4.78 is 5.95. The number of hydrogen-bond acceptors (Lipinski definition) is 4. The van der Waals surface area contributed by atoms with Crippen molar-refractivity contribution < 1.29 is 4.42 Å². The van der Waals surface area contributed by atoms with Crippen molar-refractivity contribution in [1.82, 2.24) is 15.1 Å². The Morgan fingerprint density at radius 2 is 2.00 bits per heavy atom. The van der Waals surface area contributed by atoms with Gasteiger partial charge in [-0.2, -0.15) is 0 Å². The number of hydrogen-bond donors (Lipinski definition) is 1. The minimum absolute atomic E-state index is 0.502. The summed E-state index contributed by atoms with van der Waals surface area (Å²) in [5.41, 5.74) is 0. The predicted molar refractivity (Wildman–Crippen MR) is 85.5 cm³/mol. The van der Waals surface area contributed by atoms with Crippen LogP contribution in [-0.4, -0.2) is 55.6 Å². The molecule has 21 heavy (non-hydrogen) atoms. The Kier molecular flexibility index (Phi) is 4.67. The molecule has 1 aliphatic carbocycles. The maximum absolute atomic E-state index is 5.95. The number of piperazine rings is 1. The minimum atomic E-state index is 0.502. The van der Waals surface area contributed by atoms with Crippen molar-refractivity contribution in [2.45, 2.75) is 38.8 Å². The van der Waals surface area contributed by atoms with Crippen LogP contribution in [0.3, 0.4) is 0 Å². The van der Waals surface area contributed by atoms with Gasteiger partial charge in [0.15, 0.2) is 0 Å². The molecule has 2 aliphatic rings. The van der Waals surface area contributed by atoms with Gasteiger partial charge in [0, 0.05) is 44.7 Å². The Bertz CT molecular complexity index is 451. The third-order valence-corrected chi connectivity index (χ3v) is 4.91. The highest BCUT2D eigenvalue weighted by atomic mass is 16.3. The molecule has 2 fully saturated rings. The maximum Gasteiger partial charge on any atom is 0.117 e. The molecule has 1 N–H and O–H groups in total. The first kappa shape index (κ1) is 15.1. The molecular weight excluding hydrogens is 262 g/mol. The molecule has 1 aliphatic heterocycles. The van der Waals surface area contributed by atoms with Crippen molar-refractivity contribution in [1.29, 1.82) is 0 Å². The van der Waals surface area contributed by atoms with Gasteiger partial charge in [-0.05, 0) is 38.4 Å². The largest absolute Gasteiger partial charge is 0.464 e. The molecule has 3 atom stereocenters. The van der Waals surface area contributed by atoms with Crippen LogP contribution < -0.4 is 5.32 Å². The zero-order valence-electron chi connectivity index (χ0n) is 13.6. The average Bonchev–Trinajstić information content (AvgIpc) is 3.01. The van der Waals surface area contributed by atoms with Crippen LogP contribution in [0, 0.1) is 5.92 Å². The van der Waals surface area contributed by atoms with Crippen molar-refractivity contribution in [3.8, 4) is 0 Å². The van der Waals surface area contributed by atoms with E-state index in [-0.39, 0.29) is 0 Å². The lowest BCUT2D eigenvalue weighted by Gasteiger charge is -2.34. The maximum atomic E-state index is 5.95. The molecule has 3 unspecified atom stereocenters. The van der Waals surface area contributed by atoms with Crippen LogP contribution in [0.4, 0.5) is 0 Å². The molecule has 0 bridgehead atoms. The molecule has 1 saturated heterocycles. The first-order chi connectivity index (χ1) is 10.1. The van der Waals surface area contributed by atoms with Crippen LogP contribution in [0.1, 0.15) is 37.7 Å². The summed E-state index contributed by atoms with van der Waals surface area (Å²) in [5, 5.41) is 3.59. The van der Waals surface area contributed by atoms with Crippen molar-refractivity contribution in [3.05, 3.63) is 23.7 Å². The smallest absolute Gasteiger partial charge is 0.117 e. The second-order valence-corrected chi connectivity index (χ2v) is 7.01. The molecule has 0 radical (unpaired) electrons. The van der Waals surface area contributed by atoms with Gasteiger partial charge >= 0.3 is 0 Å². The van der Waals surface area contributed by atoms with Crippen LogP contribution in [0.15, 0.2) is 16.5 Å². The van der Waals surface area contributed by atoms with Gasteiger partial charge in [-0.25, -0.2) is 0 Å². The number of nitrogens with one attached hydrogen (secondary N) is 1. The fraction of sp³-hybridized carbons (Fsp3) is 0.765. The van der Waals surface area contributed by atoms with E-state index in [1.54, 1.807) is 0 Å². The Morgan fingerprint density at radius 3 is 2.67 bits per heavy atom. The van der Waals surface area contributed by atoms with Gasteiger partial charge in [0.1, 0.15) is 11.5 Å². The molecule has 3 rings (SSSR count). The predicted octanol–water partition coefficient (Wildman–Crippen LogP) is 2.13. The van der Waals surface area contributed by atoms with Gasteiger partial charge in [-0.15, -0.1) is 0 Å². The third kappa shape index (κ3) is 4.09. The highest BCUT2D eigenvalue weighted by Crippen LogP contribution is 2.47. The average molecular weight is 291 g/mol. The van der Waals surface area contributed by atoms with E-state index in [1.807, 2.05) is 0 Å². The highest BCUT2D eigenvalue weighted by Gasteiger charge is 2.36. The molecular formula is C17H29N3O. The zero-order valence-corrected chi connectivity index (χ0v) is 13.6. The second kappa shape index (κ2) is 6.51. The molecule has 1 aromatic heterocycles. The van der Waals surface area contributed by atoms with E-state index in [0.717, 1.165) is 24.8 Å². The summed E-state index contributed by atoms with van der Waals surface area (Å²) in [5.74, 6) is 3.76. The number of likely N-dealkylation sites (N-methyl/N-ethyl adjacent to an activating group) is 1. The Morgan fingerprint density at radius 1 is 1.29 bits per heavy atom. The lowest BCUT2D eigenvalue weighted by molar-refractivity contribution is 0.143. The Labute approximate surface area is 128 Å². The summed E-state index contributed by atoms with van der Waals surface area (Å²) in [6.45, 7) is 11.3. The van der Waals surface area contributed by atoms with E-state index in [0.29, 0.717) is 12.0 Å². The highest BCUT2D eigenvalue weighted by molar-refractivity contribution is 5.17. The van der Waals surface area contributed by atoms with Crippen LogP contribution >= 0.6 is 0 Å². The van der Waals surface area contributed by atoms with Gasteiger partial charge in [0.2, 0.25) is 0 Å². The standard InChI is InChI=1S/C17H29N3O/c1-13-10-16(13)17-5-4-15(21-17)11-18-14(2)12-20-8-6-19(3)7-9-20/h4-5,13-14,16,18H,6-12H2,1-3H3. The van der Waals surface area contributed by atoms with Gasteiger partial charge < -0.3 is 14.6 Å². The lowest BCUT2D eigenvalue weighted by atomic mass is 10.2. The summed E-state index contributed by atoms with van der Waals surface area (Å²) in [7, 11) is 2.20. The Balaban J connectivity index is 1.39. The Hall–Kier alpha value is -0.840. The SMILES string of the molecule is CC(CN1CCN(C)CC1)NCc1ccc(C2CC2C)o1. The van der Waals surface area contributed by atoms with E-state index < -0.39 is 0 Å². The molecule has 118 valence electrons. The molecule has 0 aromatic carbocycles. The summed E-state index contributed by atoms with van der Waals surface area (Å²) in [6.07, 6.45) is 1.29. The normalized spacial score (nSPS) is 28.7. The van der Waals surface area contributed by atoms with Crippen molar-refractivity contribution >= 4 is 0 Å². The molecule has 1 aromatic rings. The van der Waals surface area contributed by atoms with Crippen LogP contribution in [0.25, 0.3) is 0 Å². The summed E-state index contributed by atoms with van der Waals surface area (Å²) >= 11 is 0. The van der Waals surface area contributed by atoms with Crippen LogP contribution in [-0.2, 0) is 6.54 Å². The molecule has 0 amide bonds. The zero-order chi connectivity index (χ0) is 14.8. The van der Waals surface area contributed by atoms with E-state index in [9.17, 15) is 0 Å². The van der Waals surface area contributed by atoms with Gasteiger partial charge in [0.05, 0.1) is 6.54 Å². The quantitative estimate of drug-likeness (QED) is 0.870.